The summed E-state index contributed by atoms with van der Waals surface area (Å²) in [4.78, 5) is 16.7. The molecule has 0 aromatic heterocycles. The summed E-state index contributed by atoms with van der Waals surface area (Å²) in [5, 5.41) is 12.1. The van der Waals surface area contributed by atoms with Gasteiger partial charge in [-0.3, -0.25) is 9.80 Å². The van der Waals surface area contributed by atoms with Crippen LogP contribution in [0.2, 0.25) is 0 Å². The Morgan fingerprint density at radius 2 is 1.77 bits per heavy atom. The Morgan fingerprint density at radius 3 is 2.42 bits per heavy atom. The van der Waals surface area contributed by atoms with Gasteiger partial charge in [0.25, 0.3) is 0 Å². The molecule has 2 aliphatic rings. The molecule has 2 bridgehead atoms. The molecule has 2 heterocycles. The normalized spacial score (nSPS) is 22.0. The molecule has 0 saturated carbocycles. The number of hydrogen-bond donors (Lipinski definition) is 1. The first-order chi connectivity index (χ1) is 14.8. The van der Waals surface area contributed by atoms with Gasteiger partial charge in [0.05, 0.1) is 23.8 Å². The fourth-order valence-electron chi connectivity index (χ4n) is 4.35. The molecule has 2 fully saturated rings. The minimum absolute atomic E-state index is 0.230. The van der Waals surface area contributed by atoms with Crippen molar-refractivity contribution in [1.82, 2.24) is 15.1 Å². The number of unbranched alkanes of at least 4 members (excludes halogenated alkanes) is 1. The van der Waals surface area contributed by atoms with Gasteiger partial charge in [0.1, 0.15) is 5.60 Å². The van der Waals surface area contributed by atoms with Crippen LogP contribution in [0.25, 0.3) is 0 Å². The maximum Gasteiger partial charge on any atom is 0.407 e. The first kappa shape index (κ1) is 23.5. The number of carbonyl (C=O) groups is 1. The second-order valence-corrected chi connectivity index (χ2v) is 9.55. The Labute approximate surface area is 186 Å². The summed E-state index contributed by atoms with van der Waals surface area (Å²) in [5.41, 5.74) is 1.48. The molecule has 1 aromatic rings. The number of morpholine rings is 2. The Balaban J connectivity index is 1.33. The zero-order chi connectivity index (χ0) is 22.3. The molecule has 0 radical (unpaired) electrons. The summed E-state index contributed by atoms with van der Waals surface area (Å²) in [6.45, 7) is 11.8. The van der Waals surface area contributed by atoms with Gasteiger partial charge in [-0.25, -0.2) is 4.79 Å². The average Bonchev–Trinajstić information content (AvgIpc) is 2.69. The van der Waals surface area contributed by atoms with Crippen LogP contribution < -0.4 is 5.32 Å². The molecular formula is C24H36N4O3. The quantitative estimate of drug-likeness (QED) is 0.642. The van der Waals surface area contributed by atoms with Gasteiger partial charge in [0.15, 0.2) is 0 Å². The van der Waals surface area contributed by atoms with Gasteiger partial charge in [0, 0.05) is 39.3 Å². The van der Waals surface area contributed by atoms with Gasteiger partial charge in [-0.2, -0.15) is 5.26 Å². The molecule has 2 unspecified atom stereocenters. The second kappa shape index (κ2) is 10.9. The fourth-order valence-corrected chi connectivity index (χ4v) is 4.35. The van der Waals surface area contributed by atoms with Gasteiger partial charge in [0.2, 0.25) is 0 Å². The van der Waals surface area contributed by atoms with Crippen LogP contribution in [-0.2, 0) is 15.9 Å². The molecule has 0 aliphatic carbocycles. The van der Waals surface area contributed by atoms with Crippen molar-refractivity contribution in [2.45, 2.75) is 57.8 Å². The monoisotopic (exact) mass is 428 g/mol. The van der Waals surface area contributed by atoms with Crippen molar-refractivity contribution in [2.24, 2.45) is 0 Å². The van der Waals surface area contributed by atoms with E-state index in [-0.39, 0.29) is 18.3 Å². The zero-order valence-corrected chi connectivity index (χ0v) is 19.1. The molecule has 2 atom stereocenters. The molecule has 1 N–H and O–H groups in total. The van der Waals surface area contributed by atoms with Crippen molar-refractivity contribution in [3.05, 3.63) is 35.4 Å². The highest BCUT2D eigenvalue weighted by Gasteiger charge is 2.34. The van der Waals surface area contributed by atoms with E-state index >= 15 is 0 Å². The van der Waals surface area contributed by atoms with E-state index in [1.165, 1.54) is 0 Å². The molecule has 31 heavy (non-hydrogen) atoms. The van der Waals surface area contributed by atoms with Gasteiger partial charge in [-0.15, -0.1) is 0 Å². The highest BCUT2D eigenvalue weighted by Crippen LogP contribution is 2.20. The van der Waals surface area contributed by atoms with Crippen molar-refractivity contribution in [3.63, 3.8) is 0 Å². The van der Waals surface area contributed by atoms with Crippen LogP contribution in [-0.4, -0.2) is 79.5 Å². The number of nitriles is 1. The number of fused-ring (bicyclic) bond motifs is 2. The van der Waals surface area contributed by atoms with Crippen LogP contribution in [0, 0.1) is 11.3 Å². The van der Waals surface area contributed by atoms with Crippen LogP contribution in [0.5, 0.6) is 0 Å². The van der Waals surface area contributed by atoms with Crippen LogP contribution in [0.1, 0.15) is 44.7 Å². The van der Waals surface area contributed by atoms with E-state index in [2.05, 4.69) is 27.3 Å². The topological polar surface area (TPSA) is 77.8 Å². The van der Waals surface area contributed by atoms with E-state index in [0.717, 1.165) is 69.7 Å². The Kier molecular flexibility index (Phi) is 8.30. The molecule has 2 aliphatic heterocycles. The molecule has 7 nitrogen and oxygen atoms in total. The van der Waals surface area contributed by atoms with Crippen LogP contribution >= 0.6 is 0 Å². The van der Waals surface area contributed by atoms with Crippen molar-refractivity contribution in [1.29, 1.82) is 5.26 Å². The first-order valence-corrected chi connectivity index (χ1v) is 11.4. The molecular weight excluding hydrogens is 392 g/mol. The van der Waals surface area contributed by atoms with E-state index in [9.17, 15) is 10.1 Å². The van der Waals surface area contributed by atoms with Crippen molar-refractivity contribution < 1.29 is 14.3 Å². The third-order valence-corrected chi connectivity index (χ3v) is 5.64. The first-order valence-electron chi connectivity index (χ1n) is 11.4. The minimum Gasteiger partial charge on any atom is -0.444 e. The van der Waals surface area contributed by atoms with Crippen LogP contribution in [0.15, 0.2) is 24.3 Å². The molecule has 1 aromatic carbocycles. The third kappa shape index (κ3) is 7.80. The van der Waals surface area contributed by atoms with Crippen molar-refractivity contribution in [2.75, 3.05) is 45.8 Å². The Bertz CT molecular complexity index is 757. The number of alkyl carbamates (subject to hydrolysis) is 1. The number of carbonyl (C=O) groups excluding carboxylic acids is 1. The maximum absolute atomic E-state index is 11.8. The summed E-state index contributed by atoms with van der Waals surface area (Å²) in [5.74, 6) is 0. The van der Waals surface area contributed by atoms with Gasteiger partial charge < -0.3 is 14.8 Å². The summed E-state index contributed by atoms with van der Waals surface area (Å²) >= 11 is 0. The molecule has 7 heteroatoms. The number of aryl methyl sites for hydroxylation is 1. The smallest absolute Gasteiger partial charge is 0.407 e. The van der Waals surface area contributed by atoms with E-state index in [1.54, 1.807) is 0 Å². The largest absolute Gasteiger partial charge is 0.444 e. The fraction of sp³-hybridized carbons (Fsp3) is 0.667. The lowest BCUT2D eigenvalue weighted by Crippen LogP contribution is -2.60. The molecule has 3 rings (SSSR count). The molecule has 1 amide bonds. The number of rotatable bonds is 8. The number of hydrogen-bond acceptors (Lipinski definition) is 6. The molecule has 0 spiro atoms. The standard InChI is InChI=1S/C24H36N4O3/c1-24(2,3)31-23(29)26-11-13-28-17-21-15-27(16-22(18-28)30-21)12-7-6-9-19-8-4-5-10-20(19)14-25/h4-5,8,10,21-22H,6-7,9,11-13,15-18H2,1-3H3,(H,26,29). The second-order valence-electron chi connectivity index (χ2n) is 9.55. The highest BCUT2D eigenvalue weighted by molar-refractivity contribution is 5.67. The van der Waals surface area contributed by atoms with E-state index in [4.69, 9.17) is 9.47 Å². The summed E-state index contributed by atoms with van der Waals surface area (Å²) < 4.78 is 11.4. The van der Waals surface area contributed by atoms with Crippen molar-refractivity contribution >= 4 is 6.09 Å². The third-order valence-electron chi connectivity index (χ3n) is 5.64. The number of ether oxygens (including phenoxy) is 2. The minimum atomic E-state index is -0.470. The number of nitrogens with one attached hydrogen (secondary N) is 1. The van der Waals surface area contributed by atoms with Crippen molar-refractivity contribution in [3.8, 4) is 6.07 Å². The Hall–Kier alpha value is -2.14. The summed E-state index contributed by atoms with van der Waals surface area (Å²) in [6, 6.07) is 10.2. The van der Waals surface area contributed by atoms with Gasteiger partial charge in [-0.05, 0) is 58.2 Å². The van der Waals surface area contributed by atoms with Gasteiger partial charge >= 0.3 is 6.09 Å². The highest BCUT2D eigenvalue weighted by atomic mass is 16.6. The van der Waals surface area contributed by atoms with E-state index in [0.29, 0.717) is 6.54 Å². The number of benzene rings is 1. The van der Waals surface area contributed by atoms with E-state index < -0.39 is 5.60 Å². The SMILES string of the molecule is CC(C)(C)OC(=O)NCCN1CC2CN(CCCCc3ccccc3C#N)CC(C1)O2. The molecule has 2 saturated heterocycles. The number of nitrogens with zero attached hydrogens (tertiary/aromatic N) is 3. The van der Waals surface area contributed by atoms with Crippen LogP contribution in [0.4, 0.5) is 4.79 Å². The number of amides is 1. The van der Waals surface area contributed by atoms with E-state index in [1.807, 2.05) is 39.0 Å². The predicted octanol–water partition coefficient (Wildman–Crippen LogP) is 2.79. The summed E-state index contributed by atoms with van der Waals surface area (Å²) in [7, 11) is 0. The molecule has 170 valence electrons. The Morgan fingerprint density at radius 1 is 1.13 bits per heavy atom. The maximum atomic E-state index is 11.8. The lowest BCUT2D eigenvalue weighted by atomic mass is 10.0. The predicted molar refractivity (Wildman–Crippen MR) is 120 cm³/mol. The summed E-state index contributed by atoms with van der Waals surface area (Å²) in [6.07, 6.45) is 3.28. The lowest BCUT2D eigenvalue weighted by Gasteiger charge is -2.46. The lowest BCUT2D eigenvalue weighted by molar-refractivity contribution is -0.138. The van der Waals surface area contributed by atoms with Gasteiger partial charge in [-0.1, -0.05) is 18.2 Å². The van der Waals surface area contributed by atoms with Crippen LogP contribution in [0.3, 0.4) is 0 Å². The zero-order valence-electron chi connectivity index (χ0n) is 19.1. The average molecular weight is 429 g/mol.